The van der Waals surface area contributed by atoms with Gasteiger partial charge in [-0.3, -0.25) is 4.90 Å². The van der Waals surface area contributed by atoms with Crippen molar-refractivity contribution in [2.45, 2.75) is 20.3 Å². The van der Waals surface area contributed by atoms with E-state index >= 15 is 0 Å². The average Bonchev–Trinajstić information content (AvgIpc) is 2.38. The van der Waals surface area contributed by atoms with Gasteiger partial charge in [0.25, 0.3) is 0 Å². The smallest absolute Gasteiger partial charge is 0.349 e. The highest BCUT2D eigenvalue weighted by Gasteiger charge is 2.09. The van der Waals surface area contributed by atoms with Gasteiger partial charge in [0.1, 0.15) is 5.84 Å². The van der Waals surface area contributed by atoms with Gasteiger partial charge in [-0.15, -0.1) is 0 Å². The van der Waals surface area contributed by atoms with Crippen LogP contribution in [-0.2, 0) is 0 Å². The fourth-order valence-corrected chi connectivity index (χ4v) is 1.33. The number of aliphatic imine (C=N–C) groups is 1. The van der Waals surface area contributed by atoms with Crippen LogP contribution in [0, 0.1) is 0 Å². The molecule has 0 bridgehead atoms. The van der Waals surface area contributed by atoms with E-state index in [0.29, 0.717) is 0 Å². The van der Waals surface area contributed by atoms with Gasteiger partial charge in [0.15, 0.2) is 0 Å². The maximum atomic E-state index is 11.9. The standard InChI is InChI=1S/C14H19N3O/c1-4-11(2)10-13(15)16-14(18)17(3)12-8-6-5-7-9-12/h5-10H,4H2,1-3H3,(H2,15,16,18)/b11-10+. The molecule has 0 aromatic heterocycles. The Morgan fingerprint density at radius 3 is 2.56 bits per heavy atom. The Kier molecular flexibility index (Phi) is 5.11. The molecule has 0 fully saturated rings. The zero-order chi connectivity index (χ0) is 13.5. The number of nitrogens with two attached hydrogens (primary N) is 1. The first kappa shape index (κ1) is 14.0. The zero-order valence-corrected chi connectivity index (χ0v) is 11.1. The van der Waals surface area contributed by atoms with E-state index in [1.807, 2.05) is 44.2 Å². The Labute approximate surface area is 108 Å². The molecular weight excluding hydrogens is 226 g/mol. The Hall–Kier alpha value is -2.10. The molecule has 4 heteroatoms. The molecule has 0 aliphatic heterocycles. The van der Waals surface area contributed by atoms with E-state index in [0.717, 1.165) is 17.7 Å². The number of benzene rings is 1. The molecule has 0 spiro atoms. The SMILES string of the molecule is CC/C(C)=C/C(N)=NC(=O)N(C)c1ccccc1. The lowest BCUT2D eigenvalue weighted by Gasteiger charge is -2.14. The van der Waals surface area contributed by atoms with Gasteiger partial charge in [0.05, 0.1) is 0 Å². The van der Waals surface area contributed by atoms with E-state index in [4.69, 9.17) is 5.73 Å². The number of carbonyl (C=O) groups excluding carboxylic acids is 1. The van der Waals surface area contributed by atoms with Gasteiger partial charge in [0.2, 0.25) is 0 Å². The van der Waals surface area contributed by atoms with Crippen molar-refractivity contribution in [3.05, 3.63) is 42.0 Å². The molecule has 2 amide bonds. The number of rotatable bonds is 3. The van der Waals surface area contributed by atoms with Gasteiger partial charge in [-0.2, -0.15) is 4.99 Å². The second kappa shape index (κ2) is 6.59. The second-order valence-electron chi connectivity index (χ2n) is 4.06. The highest BCUT2D eigenvalue weighted by molar-refractivity contribution is 6.04. The third-order valence-electron chi connectivity index (χ3n) is 2.61. The van der Waals surface area contributed by atoms with Crippen molar-refractivity contribution in [3.63, 3.8) is 0 Å². The van der Waals surface area contributed by atoms with Crippen molar-refractivity contribution < 1.29 is 4.79 Å². The number of hydrogen-bond acceptors (Lipinski definition) is 1. The Balaban J connectivity index is 2.80. The number of urea groups is 1. The third kappa shape index (κ3) is 4.05. The Morgan fingerprint density at radius 1 is 1.39 bits per heavy atom. The highest BCUT2D eigenvalue weighted by atomic mass is 16.2. The summed E-state index contributed by atoms with van der Waals surface area (Å²) in [6.45, 7) is 3.98. The molecule has 1 aromatic carbocycles. The highest BCUT2D eigenvalue weighted by Crippen LogP contribution is 2.11. The number of para-hydroxylation sites is 1. The summed E-state index contributed by atoms with van der Waals surface area (Å²) in [5, 5.41) is 0. The summed E-state index contributed by atoms with van der Waals surface area (Å²) in [5.74, 6) is 0.238. The van der Waals surface area contributed by atoms with Crippen molar-refractivity contribution in [1.29, 1.82) is 0 Å². The molecule has 0 aliphatic rings. The molecule has 18 heavy (non-hydrogen) atoms. The molecule has 0 saturated heterocycles. The fraction of sp³-hybridized carbons (Fsp3) is 0.286. The fourth-order valence-electron chi connectivity index (χ4n) is 1.33. The first-order valence-electron chi connectivity index (χ1n) is 5.88. The summed E-state index contributed by atoms with van der Waals surface area (Å²) in [5.41, 5.74) is 7.57. The Bertz CT molecular complexity index is 463. The van der Waals surface area contributed by atoms with Crippen molar-refractivity contribution in [1.82, 2.24) is 0 Å². The maximum absolute atomic E-state index is 11.9. The molecule has 4 nitrogen and oxygen atoms in total. The van der Waals surface area contributed by atoms with E-state index < -0.39 is 0 Å². The molecule has 2 N–H and O–H groups in total. The summed E-state index contributed by atoms with van der Waals surface area (Å²) >= 11 is 0. The first-order valence-corrected chi connectivity index (χ1v) is 5.88. The predicted octanol–water partition coefficient (Wildman–Crippen LogP) is 2.96. The quantitative estimate of drug-likeness (QED) is 0.657. The monoisotopic (exact) mass is 245 g/mol. The summed E-state index contributed by atoms with van der Waals surface area (Å²) < 4.78 is 0. The molecule has 0 aliphatic carbocycles. The van der Waals surface area contributed by atoms with Crippen LogP contribution in [0.4, 0.5) is 10.5 Å². The summed E-state index contributed by atoms with van der Waals surface area (Å²) in [4.78, 5) is 17.2. The number of hydrogen-bond donors (Lipinski definition) is 1. The maximum Gasteiger partial charge on any atom is 0.349 e. The number of nitrogens with zero attached hydrogens (tertiary/aromatic N) is 2. The van der Waals surface area contributed by atoms with Crippen LogP contribution >= 0.6 is 0 Å². The van der Waals surface area contributed by atoms with Crippen LogP contribution in [0.3, 0.4) is 0 Å². The number of carbonyl (C=O) groups is 1. The molecule has 0 heterocycles. The second-order valence-corrected chi connectivity index (χ2v) is 4.06. The van der Waals surface area contributed by atoms with E-state index in [1.165, 1.54) is 4.90 Å². The van der Waals surface area contributed by atoms with E-state index in [9.17, 15) is 4.79 Å². The summed E-state index contributed by atoms with van der Waals surface area (Å²) in [6.07, 6.45) is 2.61. The molecular formula is C14H19N3O. The molecule has 0 radical (unpaired) electrons. The largest absolute Gasteiger partial charge is 0.384 e. The van der Waals surface area contributed by atoms with Crippen LogP contribution < -0.4 is 10.6 Å². The molecule has 0 atom stereocenters. The molecule has 1 rings (SSSR count). The number of amidine groups is 1. The lowest BCUT2D eigenvalue weighted by molar-refractivity contribution is 0.255. The van der Waals surface area contributed by atoms with Crippen molar-refractivity contribution in [3.8, 4) is 0 Å². The molecule has 96 valence electrons. The van der Waals surface area contributed by atoms with Gasteiger partial charge >= 0.3 is 6.03 Å². The van der Waals surface area contributed by atoms with Gasteiger partial charge in [-0.25, -0.2) is 4.79 Å². The normalized spacial score (nSPS) is 12.4. The molecule has 1 aromatic rings. The zero-order valence-electron chi connectivity index (χ0n) is 11.1. The van der Waals surface area contributed by atoms with Crippen LogP contribution in [0.15, 0.2) is 47.0 Å². The summed E-state index contributed by atoms with van der Waals surface area (Å²) in [7, 11) is 1.67. The number of allylic oxidation sites excluding steroid dienone is 1. The number of amides is 2. The number of anilines is 1. The van der Waals surface area contributed by atoms with E-state index in [-0.39, 0.29) is 11.9 Å². The summed E-state index contributed by atoms with van der Waals surface area (Å²) in [6, 6.07) is 8.94. The predicted molar refractivity (Wildman–Crippen MR) is 75.9 cm³/mol. The lowest BCUT2D eigenvalue weighted by Crippen LogP contribution is -2.25. The molecule has 0 saturated carbocycles. The minimum absolute atomic E-state index is 0.238. The van der Waals surface area contributed by atoms with Crippen LogP contribution in [-0.4, -0.2) is 18.9 Å². The van der Waals surface area contributed by atoms with Crippen LogP contribution in [0.25, 0.3) is 0 Å². The average molecular weight is 245 g/mol. The van der Waals surface area contributed by atoms with Gasteiger partial charge in [0, 0.05) is 12.7 Å². The minimum Gasteiger partial charge on any atom is -0.384 e. The third-order valence-corrected chi connectivity index (χ3v) is 2.61. The van der Waals surface area contributed by atoms with Crippen molar-refractivity contribution >= 4 is 17.6 Å². The van der Waals surface area contributed by atoms with Crippen molar-refractivity contribution in [2.75, 3.05) is 11.9 Å². The minimum atomic E-state index is -0.376. The van der Waals surface area contributed by atoms with Crippen LogP contribution in [0.1, 0.15) is 20.3 Å². The van der Waals surface area contributed by atoms with Crippen LogP contribution in [0.2, 0.25) is 0 Å². The van der Waals surface area contributed by atoms with E-state index in [1.54, 1.807) is 13.1 Å². The molecule has 0 unspecified atom stereocenters. The van der Waals surface area contributed by atoms with Gasteiger partial charge < -0.3 is 5.73 Å². The van der Waals surface area contributed by atoms with Gasteiger partial charge in [-0.1, -0.05) is 30.7 Å². The topological polar surface area (TPSA) is 58.7 Å². The van der Waals surface area contributed by atoms with Crippen LogP contribution in [0.5, 0.6) is 0 Å². The lowest BCUT2D eigenvalue weighted by atomic mass is 10.2. The first-order chi connectivity index (χ1) is 8.54. The van der Waals surface area contributed by atoms with E-state index in [2.05, 4.69) is 4.99 Å². The van der Waals surface area contributed by atoms with Gasteiger partial charge in [-0.05, 0) is 31.6 Å². The Morgan fingerprint density at radius 2 is 2.00 bits per heavy atom. The van der Waals surface area contributed by atoms with Crippen molar-refractivity contribution in [2.24, 2.45) is 10.7 Å².